The highest BCUT2D eigenvalue weighted by Crippen LogP contribution is 2.27. The van der Waals surface area contributed by atoms with E-state index in [2.05, 4.69) is 9.99 Å². The number of morpholine rings is 1. The van der Waals surface area contributed by atoms with Crippen LogP contribution >= 0.6 is 0 Å². The first-order valence-electron chi connectivity index (χ1n) is 10.0. The standard InChI is InChI=1S/C23H24N4O3/c1-2-30-22(28)19-10-8-18(9-11-19)21-12-13-24-23(25-21)27(20-6-4-3-5-7-20)26-14-16-29-17-15-26/h3-13H,2,14-17H2,1H3. The van der Waals surface area contributed by atoms with Crippen LogP contribution in [0.15, 0.2) is 66.9 Å². The van der Waals surface area contributed by atoms with Crippen molar-refractivity contribution < 1.29 is 14.3 Å². The molecule has 1 saturated heterocycles. The maximum absolute atomic E-state index is 11.9. The van der Waals surface area contributed by atoms with E-state index < -0.39 is 0 Å². The summed E-state index contributed by atoms with van der Waals surface area (Å²) in [5.41, 5.74) is 3.20. The Morgan fingerprint density at radius 1 is 1.07 bits per heavy atom. The van der Waals surface area contributed by atoms with Crippen LogP contribution < -0.4 is 5.01 Å². The lowest BCUT2D eigenvalue weighted by Crippen LogP contribution is -2.47. The number of nitrogens with zero attached hydrogens (tertiary/aromatic N) is 4. The van der Waals surface area contributed by atoms with Crippen LogP contribution in [-0.4, -0.2) is 53.9 Å². The van der Waals surface area contributed by atoms with Crippen molar-refractivity contribution >= 4 is 17.6 Å². The minimum Gasteiger partial charge on any atom is -0.462 e. The number of ether oxygens (including phenoxy) is 2. The zero-order valence-corrected chi connectivity index (χ0v) is 16.9. The van der Waals surface area contributed by atoms with Gasteiger partial charge in [-0.05, 0) is 37.3 Å². The molecule has 0 aliphatic carbocycles. The summed E-state index contributed by atoms with van der Waals surface area (Å²) in [7, 11) is 0. The van der Waals surface area contributed by atoms with Gasteiger partial charge in [0.25, 0.3) is 0 Å². The van der Waals surface area contributed by atoms with E-state index >= 15 is 0 Å². The number of hydrogen-bond acceptors (Lipinski definition) is 7. The Labute approximate surface area is 175 Å². The summed E-state index contributed by atoms with van der Waals surface area (Å²) in [5, 5.41) is 4.24. The highest BCUT2D eigenvalue weighted by molar-refractivity contribution is 5.90. The second-order valence-electron chi connectivity index (χ2n) is 6.75. The molecule has 4 rings (SSSR count). The summed E-state index contributed by atoms with van der Waals surface area (Å²) in [6, 6.07) is 19.2. The van der Waals surface area contributed by atoms with E-state index in [1.165, 1.54) is 0 Å². The average molecular weight is 404 g/mol. The highest BCUT2D eigenvalue weighted by Gasteiger charge is 2.23. The van der Waals surface area contributed by atoms with Gasteiger partial charge in [0, 0.05) is 24.8 Å². The minimum atomic E-state index is -0.324. The summed E-state index contributed by atoms with van der Waals surface area (Å²) in [6.45, 7) is 5.00. The van der Waals surface area contributed by atoms with Crippen LogP contribution in [0.4, 0.5) is 11.6 Å². The molecule has 1 fully saturated rings. The third-order valence-corrected chi connectivity index (χ3v) is 4.80. The molecule has 7 heteroatoms. The highest BCUT2D eigenvalue weighted by atomic mass is 16.5. The zero-order valence-electron chi connectivity index (χ0n) is 16.9. The van der Waals surface area contributed by atoms with Gasteiger partial charge in [-0.25, -0.2) is 24.8 Å². The van der Waals surface area contributed by atoms with Crippen LogP contribution in [0.5, 0.6) is 0 Å². The number of carbonyl (C=O) groups is 1. The van der Waals surface area contributed by atoms with Crippen LogP contribution in [0.25, 0.3) is 11.3 Å². The second-order valence-corrected chi connectivity index (χ2v) is 6.75. The molecule has 30 heavy (non-hydrogen) atoms. The van der Waals surface area contributed by atoms with E-state index in [0.717, 1.165) is 30.0 Å². The largest absolute Gasteiger partial charge is 0.462 e. The van der Waals surface area contributed by atoms with Gasteiger partial charge in [0.1, 0.15) is 0 Å². The summed E-state index contributed by atoms with van der Waals surface area (Å²) in [6.07, 6.45) is 1.76. The Hall–Kier alpha value is -3.29. The number of esters is 1. The first-order chi connectivity index (χ1) is 14.8. The molecule has 7 nitrogen and oxygen atoms in total. The lowest BCUT2D eigenvalue weighted by atomic mass is 10.1. The number of rotatable bonds is 6. The molecule has 154 valence electrons. The topological polar surface area (TPSA) is 67.8 Å². The predicted octanol–water partition coefficient (Wildman–Crippen LogP) is 3.71. The zero-order chi connectivity index (χ0) is 20.8. The van der Waals surface area contributed by atoms with Crippen LogP contribution in [0.1, 0.15) is 17.3 Å². The smallest absolute Gasteiger partial charge is 0.338 e. The van der Waals surface area contributed by atoms with Crippen LogP contribution in [0.3, 0.4) is 0 Å². The Kier molecular flexibility index (Phi) is 6.32. The molecular weight excluding hydrogens is 380 g/mol. The van der Waals surface area contributed by atoms with Gasteiger partial charge in [-0.15, -0.1) is 0 Å². The number of para-hydroxylation sites is 1. The molecule has 3 aromatic rings. The van der Waals surface area contributed by atoms with Crippen molar-refractivity contribution in [3.8, 4) is 11.3 Å². The molecule has 0 amide bonds. The van der Waals surface area contributed by atoms with E-state index in [1.807, 2.05) is 53.5 Å². The summed E-state index contributed by atoms with van der Waals surface area (Å²) >= 11 is 0. The van der Waals surface area contributed by atoms with Crippen molar-refractivity contribution in [3.63, 3.8) is 0 Å². The minimum absolute atomic E-state index is 0.324. The molecule has 0 atom stereocenters. The number of hydrogen-bond donors (Lipinski definition) is 0. The van der Waals surface area contributed by atoms with Crippen molar-refractivity contribution in [2.75, 3.05) is 37.9 Å². The summed E-state index contributed by atoms with van der Waals surface area (Å²) < 4.78 is 10.6. The molecule has 0 N–H and O–H groups in total. The fourth-order valence-electron chi connectivity index (χ4n) is 3.33. The Morgan fingerprint density at radius 3 is 2.50 bits per heavy atom. The van der Waals surface area contributed by atoms with Gasteiger partial charge in [-0.1, -0.05) is 30.3 Å². The van der Waals surface area contributed by atoms with Crippen molar-refractivity contribution in [3.05, 3.63) is 72.4 Å². The number of aromatic nitrogens is 2. The molecule has 0 unspecified atom stereocenters. The number of carbonyl (C=O) groups excluding carboxylic acids is 1. The van der Waals surface area contributed by atoms with Crippen molar-refractivity contribution in [2.45, 2.75) is 6.92 Å². The molecule has 0 spiro atoms. The van der Waals surface area contributed by atoms with Crippen LogP contribution in [0.2, 0.25) is 0 Å². The Bertz CT molecular complexity index is 973. The molecule has 0 radical (unpaired) electrons. The monoisotopic (exact) mass is 404 g/mol. The summed E-state index contributed by atoms with van der Waals surface area (Å²) in [4.78, 5) is 21.3. The van der Waals surface area contributed by atoms with Crippen molar-refractivity contribution in [1.82, 2.24) is 15.0 Å². The maximum Gasteiger partial charge on any atom is 0.338 e. The number of hydrazine groups is 1. The lowest BCUT2D eigenvalue weighted by Gasteiger charge is -2.37. The van der Waals surface area contributed by atoms with Gasteiger partial charge in [0.05, 0.1) is 36.8 Å². The quantitative estimate of drug-likeness (QED) is 0.580. The van der Waals surface area contributed by atoms with Crippen LogP contribution in [0, 0.1) is 0 Å². The number of anilines is 2. The predicted molar refractivity (Wildman–Crippen MR) is 114 cm³/mol. The van der Waals surface area contributed by atoms with Gasteiger partial charge in [0.2, 0.25) is 5.95 Å². The Balaban J connectivity index is 1.65. The van der Waals surface area contributed by atoms with E-state index in [-0.39, 0.29) is 5.97 Å². The van der Waals surface area contributed by atoms with Crippen LogP contribution in [-0.2, 0) is 9.47 Å². The summed E-state index contributed by atoms with van der Waals surface area (Å²) in [5.74, 6) is 0.269. The third kappa shape index (κ3) is 4.48. The lowest BCUT2D eigenvalue weighted by molar-refractivity contribution is 0.0371. The van der Waals surface area contributed by atoms with Crippen molar-refractivity contribution in [2.24, 2.45) is 0 Å². The third-order valence-electron chi connectivity index (χ3n) is 4.80. The fourth-order valence-corrected chi connectivity index (χ4v) is 3.33. The molecule has 1 aliphatic rings. The first kappa shape index (κ1) is 20.0. The van der Waals surface area contributed by atoms with Gasteiger partial charge < -0.3 is 9.47 Å². The molecule has 2 heterocycles. The van der Waals surface area contributed by atoms with E-state index in [9.17, 15) is 4.79 Å². The molecule has 2 aromatic carbocycles. The van der Waals surface area contributed by atoms with E-state index in [1.54, 1.807) is 25.3 Å². The van der Waals surface area contributed by atoms with Gasteiger partial charge in [0.15, 0.2) is 0 Å². The SMILES string of the molecule is CCOC(=O)c1ccc(-c2ccnc(N(c3ccccc3)N3CCOCC3)n2)cc1. The fraction of sp³-hybridized carbons (Fsp3) is 0.261. The molecule has 1 aliphatic heterocycles. The van der Waals surface area contributed by atoms with Gasteiger partial charge in [-0.2, -0.15) is 0 Å². The van der Waals surface area contributed by atoms with E-state index in [4.69, 9.17) is 14.5 Å². The molecule has 0 bridgehead atoms. The average Bonchev–Trinajstić information content (AvgIpc) is 2.81. The normalized spacial score (nSPS) is 14.3. The first-order valence-corrected chi connectivity index (χ1v) is 10.0. The molecular formula is C23H24N4O3. The number of benzene rings is 2. The van der Waals surface area contributed by atoms with Crippen molar-refractivity contribution in [1.29, 1.82) is 0 Å². The maximum atomic E-state index is 11.9. The Morgan fingerprint density at radius 2 is 1.80 bits per heavy atom. The second kappa shape index (κ2) is 9.47. The molecule has 0 saturated carbocycles. The molecule has 1 aromatic heterocycles. The van der Waals surface area contributed by atoms with Gasteiger partial charge >= 0.3 is 5.97 Å². The van der Waals surface area contributed by atoms with Gasteiger partial charge in [-0.3, -0.25) is 0 Å². The van der Waals surface area contributed by atoms with E-state index in [0.29, 0.717) is 31.3 Å².